The molecule has 0 aliphatic rings. The Kier molecular flexibility index (Phi) is 4.80. The van der Waals surface area contributed by atoms with E-state index in [1.807, 2.05) is 0 Å². The molecule has 1 amide bonds. The van der Waals surface area contributed by atoms with Gasteiger partial charge in [0, 0.05) is 12.6 Å². The topological polar surface area (TPSA) is 80.1 Å². The molecule has 0 atom stereocenters. The number of benzene rings is 1. The van der Waals surface area contributed by atoms with Crippen LogP contribution in [0.3, 0.4) is 0 Å². The molecular weight excluding hydrogens is 222 g/mol. The van der Waals surface area contributed by atoms with Gasteiger partial charge < -0.3 is 10.2 Å². The number of rotatable bonds is 5. The lowest BCUT2D eigenvalue weighted by Gasteiger charge is -2.08. The molecule has 1 aromatic carbocycles. The summed E-state index contributed by atoms with van der Waals surface area (Å²) in [6.45, 7) is -0.0180. The first-order chi connectivity index (χ1) is 8.24. The average molecular weight is 235 g/mol. The molecule has 0 spiro atoms. The van der Waals surface area contributed by atoms with Gasteiger partial charge in [-0.2, -0.15) is 4.91 Å². The van der Waals surface area contributed by atoms with E-state index in [0.29, 0.717) is 11.1 Å². The summed E-state index contributed by atoms with van der Waals surface area (Å²) in [5, 5.41) is 8.94. The van der Waals surface area contributed by atoms with Crippen molar-refractivity contribution in [1.29, 1.82) is 0 Å². The normalized spacial score (nSPS) is 10.8. The minimum Gasteiger partial charge on any atom is -0.398 e. The number of amides is 1. The molecule has 0 heterocycles. The average Bonchev–Trinajstić information content (AvgIpc) is 2.36. The first-order valence-electron chi connectivity index (χ1n) is 4.95. The molecule has 0 aromatic heterocycles. The van der Waals surface area contributed by atoms with Gasteiger partial charge in [0.1, 0.15) is 13.7 Å². The van der Waals surface area contributed by atoms with E-state index in [4.69, 9.17) is 0 Å². The summed E-state index contributed by atoms with van der Waals surface area (Å²) in [6, 6.07) is 6.91. The quantitative estimate of drug-likeness (QED) is 0.470. The number of nitrogens with zero attached hydrogens (tertiary/aromatic N) is 2. The molecule has 90 valence electrons. The third-order valence-electron chi connectivity index (χ3n) is 2.13. The molecule has 0 radical (unpaired) electrons. The maximum Gasteiger partial charge on any atom is 0.273 e. The summed E-state index contributed by atoms with van der Waals surface area (Å²) in [5.41, 5.74) is 1.28. The molecule has 1 rings (SSSR count). The SMILES string of the molecule is CNC(=O)C(=NOC)c1ccccc1CN=O. The molecule has 0 saturated heterocycles. The number of nitroso groups, excluding NO2 is 1. The summed E-state index contributed by atoms with van der Waals surface area (Å²) >= 11 is 0. The molecule has 0 fully saturated rings. The molecule has 1 aromatic rings. The summed E-state index contributed by atoms with van der Waals surface area (Å²) in [4.78, 5) is 26.6. The van der Waals surface area contributed by atoms with Crippen LogP contribution < -0.4 is 5.32 Å². The van der Waals surface area contributed by atoms with Crippen LogP contribution in [-0.2, 0) is 16.2 Å². The second-order valence-corrected chi connectivity index (χ2v) is 3.15. The van der Waals surface area contributed by atoms with Gasteiger partial charge in [-0.1, -0.05) is 34.6 Å². The van der Waals surface area contributed by atoms with Gasteiger partial charge in [-0.05, 0) is 5.56 Å². The van der Waals surface area contributed by atoms with Gasteiger partial charge in [0.05, 0.1) is 0 Å². The Hall–Kier alpha value is -2.24. The highest BCUT2D eigenvalue weighted by molar-refractivity contribution is 6.45. The highest BCUT2D eigenvalue weighted by atomic mass is 16.6. The van der Waals surface area contributed by atoms with Gasteiger partial charge in [0.25, 0.3) is 5.91 Å². The van der Waals surface area contributed by atoms with Gasteiger partial charge >= 0.3 is 0 Å². The maximum absolute atomic E-state index is 11.6. The molecule has 6 heteroatoms. The van der Waals surface area contributed by atoms with Crippen LogP contribution in [0, 0.1) is 4.91 Å². The van der Waals surface area contributed by atoms with Crippen molar-refractivity contribution in [3.05, 3.63) is 40.3 Å². The number of hydrogen-bond acceptors (Lipinski definition) is 5. The van der Waals surface area contributed by atoms with Crippen LogP contribution in [0.4, 0.5) is 0 Å². The molecule has 0 saturated carbocycles. The van der Waals surface area contributed by atoms with Crippen molar-refractivity contribution in [1.82, 2.24) is 5.32 Å². The Balaban J connectivity index is 3.23. The Morgan fingerprint density at radius 3 is 2.71 bits per heavy atom. The highest BCUT2D eigenvalue weighted by Crippen LogP contribution is 2.12. The summed E-state index contributed by atoms with van der Waals surface area (Å²) in [5.74, 6) is -0.384. The third-order valence-corrected chi connectivity index (χ3v) is 2.13. The maximum atomic E-state index is 11.6. The number of carbonyl (C=O) groups is 1. The molecule has 0 bridgehead atoms. The zero-order chi connectivity index (χ0) is 12.7. The summed E-state index contributed by atoms with van der Waals surface area (Å²) < 4.78 is 0. The van der Waals surface area contributed by atoms with Gasteiger partial charge in [0.2, 0.25) is 0 Å². The van der Waals surface area contributed by atoms with Crippen LogP contribution in [-0.4, -0.2) is 25.8 Å². The number of hydrogen-bond donors (Lipinski definition) is 1. The predicted molar refractivity (Wildman–Crippen MR) is 63.6 cm³/mol. The monoisotopic (exact) mass is 235 g/mol. The summed E-state index contributed by atoms with van der Waals surface area (Å²) in [7, 11) is 2.84. The van der Waals surface area contributed by atoms with E-state index in [-0.39, 0.29) is 18.2 Å². The van der Waals surface area contributed by atoms with Crippen LogP contribution >= 0.6 is 0 Å². The molecule has 0 aliphatic heterocycles. The van der Waals surface area contributed by atoms with Crippen molar-refractivity contribution in [3.63, 3.8) is 0 Å². The van der Waals surface area contributed by atoms with E-state index in [1.165, 1.54) is 14.2 Å². The minimum atomic E-state index is -0.384. The van der Waals surface area contributed by atoms with Crippen LogP contribution in [0.5, 0.6) is 0 Å². The highest BCUT2D eigenvalue weighted by Gasteiger charge is 2.16. The van der Waals surface area contributed by atoms with E-state index in [1.54, 1.807) is 24.3 Å². The Morgan fingerprint density at radius 1 is 1.41 bits per heavy atom. The number of carbonyl (C=O) groups excluding carboxylic acids is 1. The lowest BCUT2D eigenvalue weighted by Crippen LogP contribution is -2.29. The zero-order valence-electron chi connectivity index (χ0n) is 9.64. The zero-order valence-corrected chi connectivity index (χ0v) is 9.64. The Morgan fingerprint density at radius 2 is 2.12 bits per heavy atom. The van der Waals surface area contributed by atoms with Crippen LogP contribution in [0.25, 0.3) is 0 Å². The van der Waals surface area contributed by atoms with Crippen LogP contribution in [0.15, 0.2) is 34.6 Å². The van der Waals surface area contributed by atoms with Crippen molar-refractivity contribution in [2.45, 2.75) is 6.54 Å². The van der Waals surface area contributed by atoms with Crippen molar-refractivity contribution in [3.8, 4) is 0 Å². The minimum absolute atomic E-state index is 0.0180. The van der Waals surface area contributed by atoms with Gasteiger partial charge in [-0.15, -0.1) is 0 Å². The smallest absolute Gasteiger partial charge is 0.273 e. The molecule has 17 heavy (non-hydrogen) atoms. The van der Waals surface area contributed by atoms with Crippen LogP contribution in [0.2, 0.25) is 0 Å². The fraction of sp³-hybridized carbons (Fsp3) is 0.273. The fourth-order valence-corrected chi connectivity index (χ4v) is 1.38. The Labute approximate surface area is 98.6 Å². The molecule has 0 unspecified atom stereocenters. The van der Waals surface area contributed by atoms with Crippen molar-refractivity contribution >= 4 is 11.6 Å². The van der Waals surface area contributed by atoms with Crippen molar-refractivity contribution < 1.29 is 9.63 Å². The third kappa shape index (κ3) is 3.10. The standard InChI is InChI=1S/C11H13N3O3/c1-12-11(15)10(14-17-2)9-6-4-3-5-8(9)7-13-16/h3-6H,7H2,1-2H3,(H,12,15). The number of oxime groups is 1. The second-order valence-electron chi connectivity index (χ2n) is 3.15. The van der Waals surface area contributed by atoms with Crippen molar-refractivity contribution in [2.24, 2.45) is 10.3 Å². The number of nitrogens with one attached hydrogen (secondary N) is 1. The summed E-state index contributed by atoms with van der Waals surface area (Å²) in [6.07, 6.45) is 0. The van der Waals surface area contributed by atoms with Crippen molar-refractivity contribution in [2.75, 3.05) is 14.2 Å². The number of likely N-dealkylation sites (N-methyl/N-ethyl adjacent to an activating group) is 1. The van der Waals surface area contributed by atoms with Gasteiger partial charge in [-0.3, -0.25) is 4.79 Å². The molecule has 6 nitrogen and oxygen atoms in total. The van der Waals surface area contributed by atoms with E-state index >= 15 is 0 Å². The Bertz CT molecular complexity index is 443. The largest absolute Gasteiger partial charge is 0.398 e. The molecule has 0 aliphatic carbocycles. The molecular formula is C11H13N3O3. The molecule has 1 N–H and O–H groups in total. The second kappa shape index (κ2) is 6.37. The van der Waals surface area contributed by atoms with Gasteiger partial charge in [0.15, 0.2) is 5.71 Å². The first-order valence-corrected chi connectivity index (χ1v) is 4.95. The van der Waals surface area contributed by atoms with E-state index < -0.39 is 0 Å². The van der Waals surface area contributed by atoms with Crippen LogP contribution in [0.1, 0.15) is 11.1 Å². The first kappa shape index (κ1) is 12.8. The van der Waals surface area contributed by atoms with E-state index in [0.717, 1.165) is 0 Å². The fourth-order valence-electron chi connectivity index (χ4n) is 1.38. The lowest BCUT2D eigenvalue weighted by atomic mass is 10.0. The lowest BCUT2D eigenvalue weighted by molar-refractivity contribution is -0.114. The van der Waals surface area contributed by atoms with E-state index in [2.05, 4.69) is 20.5 Å². The van der Waals surface area contributed by atoms with Gasteiger partial charge in [-0.25, -0.2) is 0 Å². The predicted octanol–water partition coefficient (Wildman–Crippen LogP) is 1.05. The van der Waals surface area contributed by atoms with E-state index in [9.17, 15) is 9.70 Å².